The molecule has 2 fully saturated rings. The molecule has 0 aliphatic carbocycles. The Morgan fingerprint density at radius 1 is 1.08 bits per heavy atom. The maximum atomic E-state index is 14.5. The number of hydrogen-bond donors (Lipinski definition) is 1. The Hall–Kier alpha value is -1.91. The van der Waals surface area contributed by atoms with E-state index in [2.05, 4.69) is 29.2 Å². The molecule has 4 rings (SSSR count). The Morgan fingerprint density at radius 3 is 2.40 bits per heavy atom. The number of ether oxygens (including phenoxy) is 1. The summed E-state index contributed by atoms with van der Waals surface area (Å²) in [6.07, 6.45) is 3.20. The first-order chi connectivity index (χ1) is 12.1. The number of benzene rings is 2. The van der Waals surface area contributed by atoms with E-state index in [-0.39, 0.29) is 17.9 Å². The third-order valence-corrected chi connectivity index (χ3v) is 5.79. The molecular weight excluding hydrogens is 317 g/mol. The number of piperidine rings is 1. The van der Waals surface area contributed by atoms with Crippen molar-refractivity contribution < 1.29 is 14.2 Å². The minimum absolute atomic E-state index is 0.272. The highest BCUT2D eigenvalue weighted by atomic mass is 19.1. The number of aliphatic hydroxyl groups is 1. The summed E-state index contributed by atoms with van der Waals surface area (Å²) in [6, 6.07) is 15.7. The van der Waals surface area contributed by atoms with Gasteiger partial charge in [0.1, 0.15) is 11.6 Å². The number of rotatable bonds is 4. The molecule has 25 heavy (non-hydrogen) atoms. The number of fused-ring (bicyclic) bond motifs is 2. The van der Waals surface area contributed by atoms with E-state index in [4.69, 9.17) is 4.74 Å². The van der Waals surface area contributed by atoms with Crippen LogP contribution in [0.5, 0.6) is 5.75 Å². The SMILES string of the molecule is COc1cccc(F)c1C1(O)CC2CCC(C1)N2Cc1ccccc1. The van der Waals surface area contributed by atoms with Gasteiger partial charge in [-0.3, -0.25) is 4.90 Å². The number of halogens is 1. The van der Waals surface area contributed by atoms with Gasteiger partial charge in [-0.1, -0.05) is 36.4 Å². The van der Waals surface area contributed by atoms with Crippen LogP contribution < -0.4 is 4.74 Å². The average molecular weight is 341 g/mol. The summed E-state index contributed by atoms with van der Waals surface area (Å²) in [5.74, 6) is 0.0659. The lowest BCUT2D eigenvalue weighted by atomic mass is 9.79. The number of nitrogens with zero attached hydrogens (tertiary/aromatic N) is 1. The predicted octanol–water partition coefficient (Wildman–Crippen LogP) is 3.85. The van der Waals surface area contributed by atoms with Crippen molar-refractivity contribution in [3.63, 3.8) is 0 Å². The molecule has 4 heteroatoms. The molecule has 2 unspecified atom stereocenters. The minimum atomic E-state index is -1.16. The van der Waals surface area contributed by atoms with Crippen LogP contribution in [0.1, 0.15) is 36.8 Å². The van der Waals surface area contributed by atoms with Gasteiger partial charge < -0.3 is 9.84 Å². The Kier molecular flexibility index (Phi) is 4.26. The molecule has 0 amide bonds. The molecule has 0 radical (unpaired) electrons. The lowest BCUT2D eigenvalue weighted by Gasteiger charge is -2.44. The van der Waals surface area contributed by atoms with E-state index in [0.717, 1.165) is 19.4 Å². The van der Waals surface area contributed by atoms with Crippen molar-refractivity contribution in [1.29, 1.82) is 0 Å². The van der Waals surface area contributed by atoms with E-state index >= 15 is 0 Å². The Labute approximate surface area is 148 Å². The quantitative estimate of drug-likeness (QED) is 0.917. The van der Waals surface area contributed by atoms with E-state index in [0.29, 0.717) is 24.2 Å². The molecule has 2 atom stereocenters. The van der Waals surface area contributed by atoms with Crippen LogP contribution in [0.15, 0.2) is 48.5 Å². The summed E-state index contributed by atoms with van der Waals surface area (Å²) in [4.78, 5) is 2.48. The Balaban J connectivity index is 1.61. The van der Waals surface area contributed by atoms with Crippen molar-refractivity contribution in [3.05, 3.63) is 65.5 Å². The lowest BCUT2D eigenvalue weighted by molar-refractivity contribution is -0.0627. The third-order valence-electron chi connectivity index (χ3n) is 5.79. The van der Waals surface area contributed by atoms with Crippen LogP contribution in [0.3, 0.4) is 0 Å². The summed E-state index contributed by atoms with van der Waals surface area (Å²) >= 11 is 0. The van der Waals surface area contributed by atoms with Gasteiger partial charge in [-0.2, -0.15) is 0 Å². The zero-order valence-electron chi connectivity index (χ0n) is 14.5. The van der Waals surface area contributed by atoms with Gasteiger partial charge in [0.2, 0.25) is 0 Å². The molecule has 2 saturated heterocycles. The van der Waals surface area contributed by atoms with Gasteiger partial charge in [-0.25, -0.2) is 4.39 Å². The molecule has 0 saturated carbocycles. The second-order valence-corrected chi connectivity index (χ2v) is 7.30. The molecule has 2 aromatic rings. The van der Waals surface area contributed by atoms with Crippen molar-refractivity contribution in [1.82, 2.24) is 4.90 Å². The molecule has 2 aliphatic heterocycles. The van der Waals surface area contributed by atoms with Gasteiger partial charge in [0.15, 0.2) is 0 Å². The van der Waals surface area contributed by atoms with Gasteiger partial charge in [-0.05, 0) is 43.4 Å². The van der Waals surface area contributed by atoms with Crippen LogP contribution in [-0.4, -0.2) is 29.2 Å². The van der Waals surface area contributed by atoms with Crippen LogP contribution in [0.4, 0.5) is 4.39 Å². The van der Waals surface area contributed by atoms with Gasteiger partial charge in [-0.15, -0.1) is 0 Å². The fourth-order valence-corrected chi connectivity index (χ4v) is 4.70. The van der Waals surface area contributed by atoms with Gasteiger partial charge in [0.25, 0.3) is 0 Å². The van der Waals surface area contributed by atoms with Crippen molar-refractivity contribution >= 4 is 0 Å². The maximum absolute atomic E-state index is 14.5. The average Bonchev–Trinajstić information content (AvgIpc) is 2.86. The first-order valence-electron chi connectivity index (χ1n) is 8.96. The molecule has 2 bridgehead atoms. The molecule has 3 nitrogen and oxygen atoms in total. The van der Waals surface area contributed by atoms with Crippen molar-refractivity contribution in [2.75, 3.05) is 7.11 Å². The first-order valence-corrected chi connectivity index (χ1v) is 8.96. The molecule has 0 spiro atoms. The second-order valence-electron chi connectivity index (χ2n) is 7.30. The molecule has 2 aliphatic rings. The summed E-state index contributed by atoms with van der Waals surface area (Å²) in [5, 5.41) is 11.4. The van der Waals surface area contributed by atoms with Crippen LogP contribution in [0.25, 0.3) is 0 Å². The first kappa shape index (κ1) is 16.6. The molecule has 1 N–H and O–H groups in total. The Bertz CT molecular complexity index is 735. The summed E-state index contributed by atoms with van der Waals surface area (Å²) in [5.41, 5.74) is 0.456. The molecule has 132 valence electrons. The van der Waals surface area contributed by atoms with E-state index < -0.39 is 5.60 Å². The zero-order valence-corrected chi connectivity index (χ0v) is 14.5. The fraction of sp³-hybridized carbons (Fsp3) is 0.429. The van der Waals surface area contributed by atoms with Crippen LogP contribution in [0.2, 0.25) is 0 Å². The van der Waals surface area contributed by atoms with Gasteiger partial charge >= 0.3 is 0 Å². The highest BCUT2D eigenvalue weighted by Crippen LogP contribution is 2.48. The lowest BCUT2D eigenvalue weighted by Crippen LogP contribution is -2.49. The summed E-state index contributed by atoms with van der Waals surface area (Å²) < 4.78 is 19.9. The highest BCUT2D eigenvalue weighted by Gasteiger charge is 2.50. The normalized spacial score (nSPS) is 28.9. The zero-order chi connectivity index (χ0) is 17.4. The minimum Gasteiger partial charge on any atom is -0.496 e. The van der Waals surface area contributed by atoms with E-state index in [9.17, 15) is 9.50 Å². The van der Waals surface area contributed by atoms with Crippen LogP contribution in [-0.2, 0) is 12.1 Å². The number of hydrogen-bond acceptors (Lipinski definition) is 3. The van der Waals surface area contributed by atoms with E-state index in [1.54, 1.807) is 12.1 Å². The third kappa shape index (κ3) is 2.94. The standard InChI is InChI=1S/C21H24FNO2/c1-25-19-9-5-8-18(22)20(19)21(24)12-16-10-11-17(13-21)23(16)14-15-6-3-2-4-7-15/h2-9,16-17,24H,10-14H2,1H3. The number of methoxy groups -OCH3 is 1. The van der Waals surface area contributed by atoms with Gasteiger partial charge in [0, 0.05) is 18.6 Å². The highest BCUT2D eigenvalue weighted by molar-refractivity contribution is 5.40. The molecule has 2 heterocycles. The largest absolute Gasteiger partial charge is 0.496 e. The van der Waals surface area contributed by atoms with Crippen LogP contribution in [0, 0.1) is 5.82 Å². The molecule has 2 aromatic carbocycles. The second kappa shape index (κ2) is 6.43. The summed E-state index contributed by atoms with van der Waals surface area (Å²) in [7, 11) is 1.53. The topological polar surface area (TPSA) is 32.7 Å². The molecular formula is C21H24FNO2. The predicted molar refractivity (Wildman–Crippen MR) is 94.9 cm³/mol. The van der Waals surface area contributed by atoms with E-state index in [1.807, 2.05) is 6.07 Å². The maximum Gasteiger partial charge on any atom is 0.133 e. The van der Waals surface area contributed by atoms with Crippen molar-refractivity contribution in [3.8, 4) is 5.75 Å². The monoisotopic (exact) mass is 341 g/mol. The van der Waals surface area contributed by atoms with Crippen molar-refractivity contribution in [2.24, 2.45) is 0 Å². The smallest absolute Gasteiger partial charge is 0.133 e. The fourth-order valence-electron chi connectivity index (χ4n) is 4.70. The molecule has 0 aromatic heterocycles. The van der Waals surface area contributed by atoms with Crippen molar-refractivity contribution in [2.45, 2.75) is 49.9 Å². The Morgan fingerprint density at radius 2 is 1.76 bits per heavy atom. The van der Waals surface area contributed by atoms with Gasteiger partial charge in [0.05, 0.1) is 18.3 Å². The van der Waals surface area contributed by atoms with E-state index in [1.165, 1.54) is 18.7 Å². The summed E-state index contributed by atoms with van der Waals surface area (Å²) in [6.45, 7) is 0.890. The van der Waals surface area contributed by atoms with Crippen LogP contribution >= 0.6 is 0 Å².